The van der Waals surface area contributed by atoms with Crippen LogP contribution < -0.4 is 0 Å². The Morgan fingerprint density at radius 1 is 0.365 bits per heavy atom. The molecule has 0 amide bonds. The molecule has 1 N–H and O–H groups in total. The number of hydrogen-bond donors (Lipinski definition) is 1. The lowest BCUT2D eigenvalue weighted by Gasteiger charge is -2.22. The first kappa shape index (κ1) is 50.8. The summed E-state index contributed by atoms with van der Waals surface area (Å²) in [5.74, 6) is -0.0605. The number of carbonyl (C=O) groups is 2. The molecule has 0 aliphatic carbocycles. The van der Waals surface area contributed by atoms with Gasteiger partial charge in [-0.15, -0.1) is 0 Å². The topological polar surface area (TPSA) is 79.3 Å². The molecule has 310 valence electrons. The van der Waals surface area contributed by atoms with Crippen molar-refractivity contribution < 1.29 is 24.2 Å². The van der Waals surface area contributed by atoms with Crippen molar-refractivity contribution in [3.8, 4) is 0 Å². The number of rotatable bonds is 43. The van der Waals surface area contributed by atoms with Gasteiger partial charge in [0.15, 0.2) is 0 Å². The standard InChI is InChI=1S/C45H90N2O5/c1-4-7-10-13-16-19-26-33-44(49)51-42-31-24-17-22-29-37-47(40-41-48)38-30-23-18-25-32-43-52-45(50)34-39-46(35-27-20-14-11-8-5-2)36-28-21-15-12-9-6-3/h48H,4-43H2,1-3H3. The SMILES string of the molecule is CCCCCCCCCC(=O)OCCCCCCCN(CCO)CCCCCCCOC(=O)CCN(CCCCCCCC)CCCCCCCC. The minimum atomic E-state index is -0.0342. The normalized spacial score (nSPS) is 11.6. The molecule has 7 heteroatoms. The second-order valence-electron chi connectivity index (χ2n) is 15.5. The van der Waals surface area contributed by atoms with Crippen molar-refractivity contribution in [2.45, 2.75) is 220 Å². The Morgan fingerprint density at radius 3 is 1.06 bits per heavy atom. The Bertz CT molecular complexity index is 721. The van der Waals surface area contributed by atoms with Gasteiger partial charge in [0, 0.05) is 19.5 Å². The molecule has 0 aromatic heterocycles. The van der Waals surface area contributed by atoms with Crippen LogP contribution in [0.15, 0.2) is 0 Å². The van der Waals surface area contributed by atoms with Crippen molar-refractivity contribution in [3.05, 3.63) is 0 Å². The second kappa shape index (κ2) is 42.6. The Balaban J connectivity index is 3.87. The van der Waals surface area contributed by atoms with Crippen LogP contribution >= 0.6 is 0 Å². The molecule has 0 rings (SSSR count). The molecule has 7 nitrogen and oxygen atoms in total. The highest BCUT2D eigenvalue weighted by Gasteiger charge is 2.10. The van der Waals surface area contributed by atoms with Gasteiger partial charge in [-0.1, -0.05) is 162 Å². The molecule has 0 saturated heterocycles. The zero-order valence-electron chi connectivity index (χ0n) is 35.3. The van der Waals surface area contributed by atoms with E-state index in [1.807, 2.05) is 0 Å². The summed E-state index contributed by atoms with van der Waals surface area (Å²) < 4.78 is 11.0. The van der Waals surface area contributed by atoms with E-state index in [0.717, 1.165) is 90.6 Å². The van der Waals surface area contributed by atoms with Crippen LogP contribution in [0, 0.1) is 0 Å². The summed E-state index contributed by atoms with van der Waals surface area (Å²) in [6.45, 7) is 14.0. The van der Waals surface area contributed by atoms with Gasteiger partial charge >= 0.3 is 11.9 Å². The number of unbranched alkanes of at least 4 members (excludes halogenated alkanes) is 24. The summed E-state index contributed by atoms with van der Waals surface area (Å²) in [5.41, 5.74) is 0. The number of nitrogens with zero attached hydrogens (tertiary/aromatic N) is 2. The summed E-state index contributed by atoms with van der Waals surface area (Å²) in [6.07, 6.45) is 36.5. The first-order valence-corrected chi connectivity index (χ1v) is 22.9. The molecule has 0 unspecified atom stereocenters. The lowest BCUT2D eigenvalue weighted by molar-refractivity contribution is -0.145. The van der Waals surface area contributed by atoms with Crippen molar-refractivity contribution in [1.29, 1.82) is 0 Å². The zero-order chi connectivity index (χ0) is 38.0. The number of esters is 2. The summed E-state index contributed by atoms with van der Waals surface area (Å²) in [7, 11) is 0. The summed E-state index contributed by atoms with van der Waals surface area (Å²) in [5, 5.41) is 9.53. The Morgan fingerprint density at radius 2 is 0.673 bits per heavy atom. The van der Waals surface area contributed by atoms with E-state index in [0.29, 0.717) is 26.1 Å². The number of aliphatic hydroxyl groups is 1. The maximum atomic E-state index is 12.5. The van der Waals surface area contributed by atoms with Gasteiger partial charge in [0.05, 0.1) is 26.2 Å². The number of aliphatic hydroxyl groups excluding tert-OH is 1. The van der Waals surface area contributed by atoms with E-state index in [1.54, 1.807) is 0 Å². The minimum absolute atomic E-state index is 0.0263. The van der Waals surface area contributed by atoms with Crippen LogP contribution in [0.1, 0.15) is 220 Å². The van der Waals surface area contributed by atoms with E-state index >= 15 is 0 Å². The van der Waals surface area contributed by atoms with Crippen LogP contribution in [-0.2, 0) is 19.1 Å². The monoisotopic (exact) mass is 739 g/mol. The molecule has 0 aliphatic rings. The quantitative estimate of drug-likeness (QED) is 0.0493. The summed E-state index contributed by atoms with van der Waals surface area (Å²) in [6, 6.07) is 0. The third-order valence-electron chi connectivity index (χ3n) is 10.5. The van der Waals surface area contributed by atoms with Gasteiger partial charge in [0.25, 0.3) is 0 Å². The summed E-state index contributed by atoms with van der Waals surface area (Å²) >= 11 is 0. The van der Waals surface area contributed by atoms with Crippen molar-refractivity contribution in [2.75, 3.05) is 59.1 Å². The molecule has 0 atom stereocenters. The fourth-order valence-electron chi connectivity index (χ4n) is 6.97. The summed E-state index contributed by atoms with van der Waals surface area (Å²) in [4.78, 5) is 29.3. The van der Waals surface area contributed by atoms with Crippen LogP contribution in [0.4, 0.5) is 0 Å². The molecule has 0 spiro atoms. The van der Waals surface area contributed by atoms with Crippen LogP contribution in [0.3, 0.4) is 0 Å². The molecular formula is C45H90N2O5. The van der Waals surface area contributed by atoms with Crippen LogP contribution in [0.2, 0.25) is 0 Å². The van der Waals surface area contributed by atoms with Gasteiger partial charge < -0.3 is 24.4 Å². The van der Waals surface area contributed by atoms with Crippen LogP contribution in [-0.4, -0.2) is 85.9 Å². The Kier molecular flexibility index (Phi) is 41.6. The average Bonchev–Trinajstić information content (AvgIpc) is 3.14. The highest BCUT2D eigenvalue weighted by molar-refractivity contribution is 5.69. The molecule has 0 aromatic carbocycles. The zero-order valence-corrected chi connectivity index (χ0v) is 35.3. The molecule has 0 aliphatic heterocycles. The smallest absolute Gasteiger partial charge is 0.307 e. The van der Waals surface area contributed by atoms with Crippen molar-refractivity contribution in [1.82, 2.24) is 9.80 Å². The molecule has 0 radical (unpaired) electrons. The van der Waals surface area contributed by atoms with Gasteiger partial charge in [-0.25, -0.2) is 0 Å². The average molecular weight is 739 g/mol. The van der Waals surface area contributed by atoms with Gasteiger partial charge in [0.2, 0.25) is 0 Å². The molecule has 0 heterocycles. The molecule has 52 heavy (non-hydrogen) atoms. The molecule has 0 bridgehead atoms. The fourth-order valence-corrected chi connectivity index (χ4v) is 6.97. The third-order valence-corrected chi connectivity index (χ3v) is 10.5. The van der Waals surface area contributed by atoms with Crippen molar-refractivity contribution in [2.24, 2.45) is 0 Å². The predicted molar refractivity (Wildman–Crippen MR) is 222 cm³/mol. The van der Waals surface area contributed by atoms with E-state index < -0.39 is 0 Å². The van der Waals surface area contributed by atoms with Crippen molar-refractivity contribution in [3.63, 3.8) is 0 Å². The molecule has 0 fully saturated rings. The Hall–Kier alpha value is -1.18. The predicted octanol–water partition coefficient (Wildman–Crippen LogP) is 11.8. The van der Waals surface area contributed by atoms with Gasteiger partial charge in [0.1, 0.15) is 0 Å². The van der Waals surface area contributed by atoms with E-state index in [4.69, 9.17) is 9.47 Å². The first-order chi connectivity index (χ1) is 25.6. The van der Waals surface area contributed by atoms with E-state index in [2.05, 4.69) is 30.6 Å². The van der Waals surface area contributed by atoms with Gasteiger partial charge in [-0.2, -0.15) is 0 Å². The third kappa shape index (κ3) is 38.5. The van der Waals surface area contributed by atoms with E-state index in [1.165, 1.54) is 135 Å². The maximum Gasteiger partial charge on any atom is 0.307 e. The minimum Gasteiger partial charge on any atom is -0.466 e. The number of carbonyl (C=O) groups excluding carboxylic acids is 2. The Labute approximate surface area is 324 Å². The fraction of sp³-hybridized carbons (Fsp3) is 0.956. The van der Waals surface area contributed by atoms with E-state index in [-0.39, 0.29) is 18.5 Å². The highest BCUT2D eigenvalue weighted by atomic mass is 16.5. The largest absolute Gasteiger partial charge is 0.466 e. The van der Waals surface area contributed by atoms with Crippen LogP contribution in [0.5, 0.6) is 0 Å². The lowest BCUT2D eigenvalue weighted by atomic mass is 10.1. The van der Waals surface area contributed by atoms with Crippen molar-refractivity contribution >= 4 is 11.9 Å². The lowest BCUT2D eigenvalue weighted by Crippen LogP contribution is -2.29. The van der Waals surface area contributed by atoms with Crippen LogP contribution in [0.25, 0.3) is 0 Å². The van der Waals surface area contributed by atoms with E-state index in [9.17, 15) is 14.7 Å². The number of ether oxygens (including phenoxy) is 2. The first-order valence-electron chi connectivity index (χ1n) is 22.9. The molecule has 0 saturated carbocycles. The molecular weight excluding hydrogens is 649 g/mol. The van der Waals surface area contributed by atoms with Gasteiger partial charge in [-0.05, 0) is 71.1 Å². The molecule has 0 aromatic rings. The maximum absolute atomic E-state index is 12.5. The van der Waals surface area contributed by atoms with Gasteiger partial charge in [-0.3, -0.25) is 9.59 Å². The number of hydrogen-bond acceptors (Lipinski definition) is 7. The second-order valence-corrected chi connectivity index (χ2v) is 15.5. The highest BCUT2D eigenvalue weighted by Crippen LogP contribution is 2.12.